The molecular weight excluding hydrogens is 310 g/mol. The van der Waals surface area contributed by atoms with E-state index in [9.17, 15) is 0 Å². The Bertz CT molecular complexity index is 528. The number of hydrogen-bond donors (Lipinski definition) is 1. The Balaban J connectivity index is 1.99. The molecule has 0 saturated heterocycles. The fourth-order valence-corrected chi connectivity index (χ4v) is 2.61. The lowest BCUT2D eigenvalue weighted by Gasteiger charge is -2.05. The summed E-state index contributed by atoms with van der Waals surface area (Å²) in [7, 11) is 1.67. The molecule has 0 saturated carbocycles. The molecule has 0 radical (unpaired) electrons. The van der Waals surface area contributed by atoms with E-state index < -0.39 is 0 Å². The second-order valence-corrected chi connectivity index (χ2v) is 5.72. The summed E-state index contributed by atoms with van der Waals surface area (Å²) in [4.78, 5) is 1.22. The van der Waals surface area contributed by atoms with Crippen molar-refractivity contribution in [1.29, 1.82) is 0 Å². The minimum absolute atomic E-state index is 0.780. The third kappa shape index (κ3) is 3.43. The van der Waals surface area contributed by atoms with Crippen molar-refractivity contribution in [2.45, 2.75) is 10.6 Å². The molecule has 2 nitrogen and oxygen atoms in total. The maximum atomic E-state index is 5.85. The van der Waals surface area contributed by atoms with Crippen molar-refractivity contribution in [1.82, 2.24) is 0 Å². The maximum Gasteiger partial charge on any atom is 0.118 e. The topological polar surface area (TPSA) is 35.2 Å². The van der Waals surface area contributed by atoms with E-state index in [-0.39, 0.29) is 0 Å². The first-order valence-electron chi connectivity index (χ1n) is 5.50. The van der Waals surface area contributed by atoms with Crippen LogP contribution in [0.4, 0.5) is 5.69 Å². The van der Waals surface area contributed by atoms with Gasteiger partial charge < -0.3 is 10.5 Å². The largest absolute Gasteiger partial charge is 0.497 e. The van der Waals surface area contributed by atoms with E-state index in [0.29, 0.717) is 0 Å². The maximum absolute atomic E-state index is 5.85. The van der Waals surface area contributed by atoms with Gasteiger partial charge in [-0.1, -0.05) is 6.07 Å². The van der Waals surface area contributed by atoms with Gasteiger partial charge in [0.2, 0.25) is 0 Å². The van der Waals surface area contributed by atoms with Crippen LogP contribution < -0.4 is 10.5 Å². The summed E-state index contributed by atoms with van der Waals surface area (Å²) in [5.41, 5.74) is 7.85. The smallest absolute Gasteiger partial charge is 0.118 e. The van der Waals surface area contributed by atoms with E-state index in [1.54, 1.807) is 18.9 Å². The van der Waals surface area contributed by atoms with E-state index in [1.165, 1.54) is 10.5 Å². The van der Waals surface area contributed by atoms with Crippen molar-refractivity contribution in [2.24, 2.45) is 0 Å². The number of methoxy groups -OCH3 is 1. The Morgan fingerprint density at radius 1 is 1.17 bits per heavy atom. The average molecular weight is 324 g/mol. The molecule has 2 aromatic carbocycles. The van der Waals surface area contributed by atoms with Gasteiger partial charge in [-0.2, -0.15) is 0 Å². The summed E-state index contributed by atoms with van der Waals surface area (Å²) < 4.78 is 6.07. The van der Waals surface area contributed by atoms with Crippen LogP contribution >= 0.6 is 27.7 Å². The van der Waals surface area contributed by atoms with Crippen molar-refractivity contribution in [3.8, 4) is 5.75 Å². The fraction of sp³-hybridized carbons (Fsp3) is 0.143. The van der Waals surface area contributed by atoms with Crippen molar-refractivity contribution < 1.29 is 4.74 Å². The van der Waals surface area contributed by atoms with Crippen LogP contribution in [0.15, 0.2) is 51.8 Å². The Hall–Kier alpha value is -1.13. The number of benzene rings is 2. The quantitative estimate of drug-likeness (QED) is 0.671. The zero-order chi connectivity index (χ0) is 13.0. The molecule has 18 heavy (non-hydrogen) atoms. The van der Waals surface area contributed by atoms with Crippen molar-refractivity contribution >= 4 is 33.4 Å². The highest BCUT2D eigenvalue weighted by molar-refractivity contribution is 9.10. The third-order valence-corrected chi connectivity index (χ3v) is 4.33. The Morgan fingerprint density at radius 3 is 2.50 bits per heavy atom. The minimum atomic E-state index is 0.780. The highest BCUT2D eigenvalue weighted by atomic mass is 79.9. The molecule has 2 aromatic rings. The molecule has 0 bridgehead atoms. The zero-order valence-electron chi connectivity index (χ0n) is 10.0. The van der Waals surface area contributed by atoms with Crippen LogP contribution in [0.3, 0.4) is 0 Å². The lowest BCUT2D eigenvalue weighted by atomic mass is 10.2. The number of nitrogen functional groups attached to an aromatic ring is 1. The van der Waals surface area contributed by atoms with Gasteiger partial charge in [0.25, 0.3) is 0 Å². The van der Waals surface area contributed by atoms with Crippen LogP contribution in [0.2, 0.25) is 0 Å². The number of rotatable bonds is 4. The molecule has 0 atom stereocenters. The predicted octanol–water partition coefficient (Wildman–Crippen LogP) is 4.33. The molecule has 4 heteroatoms. The SMILES string of the molecule is COc1ccc(SCc2ccc(Br)c(N)c2)cc1. The molecule has 0 aliphatic rings. The number of anilines is 1. The molecule has 0 heterocycles. The fourth-order valence-electron chi connectivity index (χ4n) is 1.52. The van der Waals surface area contributed by atoms with Gasteiger partial charge in [0, 0.05) is 20.8 Å². The molecule has 2 rings (SSSR count). The summed E-state index contributed by atoms with van der Waals surface area (Å²) in [6.07, 6.45) is 0. The van der Waals surface area contributed by atoms with Gasteiger partial charge in [0.15, 0.2) is 0 Å². The zero-order valence-corrected chi connectivity index (χ0v) is 12.4. The van der Waals surface area contributed by atoms with Crippen LogP contribution in [0.1, 0.15) is 5.56 Å². The number of ether oxygens (including phenoxy) is 1. The van der Waals surface area contributed by atoms with E-state index in [4.69, 9.17) is 10.5 Å². The van der Waals surface area contributed by atoms with E-state index in [0.717, 1.165) is 21.7 Å². The summed E-state index contributed by atoms with van der Waals surface area (Å²) in [5, 5.41) is 0. The summed E-state index contributed by atoms with van der Waals surface area (Å²) in [6, 6.07) is 14.1. The molecule has 0 fully saturated rings. The number of nitrogens with two attached hydrogens (primary N) is 1. The lowest BCUT2D eigenvalue weighted by Crippen LogP contribution is -1.89. The van der Waals surface area contributed by atoms with Gasteiger partial charge in [0.1, 0.15) is 5.75 Å². The molecule has 2 N–H and O–H groups in total. The first kappa shape index (κ1) is 13.3. The molecule has 0 spiro atoms. The van der Waals surface area contributed by atoms with Crippen molar-refractivity contribution in [3.05, 3.63) is 52.5 Å². The second-order valence-electron chi connectivity index (χ2n) is 3.82. The molecule has 94 valence electrons. The Labute approximate surface area is 120 Å². The number of halogens is 1. The molecule has 0 unspecified atom stereocenters. The first-order chi connectivity index (χ1) is 8.69. The Kier molecular flexibility index (Phi) is 4.55. The molecule has 0 aliphatic heterocycles. The van der Waals surface area contributed by atoms with Crippen molar-refractivity contribution in [2.75, 3.05) is 12.8 Å². The molecule has 0 aliphatic carbocycles. The summed E-state index contributed by atoms with van der Waals surface area (Å²) in [5.74, 6) is 1.79. The van der Waals surface area contributed by atoms with Crippen LogP contribution in [0.5, 0.6) is 5.75 Å². The van der Waals surface area contributed by atoms with E-state index in [1.807, 2.05) is 24.3 Å². The third-order valence-electron chi connectivity index (χ3n) is 2.53. The highest BCUT2D eigenvalue weighted by Crippen LogP contribution is 2.27. The molecule has 0 aromatic heterocycles. The van der Waals surface area contributed by atoms with Crippen LogP contribution in [0.25, 0.3) is 0 Å². The van der Waals surface area contributed by atoms with Gasteiger partial charge in [-0.3, -0.25) is 0 Å². The number of thioether (sulfide) groups is 1. The summed E-state index contributed by atoms with van der Waals surface area (Å²) in [6.45, 7) is 0. The first-order valence-corrected chi connectivity index (χ1v) is 7.27. The minimum Gasteiger partial charge on any atom is -0.497 e. The lowest BCUT2D eigenvalue weighted by molar-refractivity contribution is 0.414. The van der Waals surface area contributed by atoms with E-state index in [2.05, 4.69) is 34.1 Å². The molecular formula is C14H14BrNOS. The molecule has 0 amide bonds. The van der Waals surface area contributed by atoms with Crippen LogP contribution in [0, 0.1) is 0 Å². The van der Waals surface area contributed by atoms with Gasteiger partial charge in [-0.05, 0) is 57.9 Å². The second kappa shape index (κ2) is 6.16. The Morgan fingerprint density at radius 2 is 1.89 bits per heavy atom. The monoisotopic (exact) mass is 323 g/mol. The van der Waals surface area contributed by atoms with Crippen molar-refractivity contribution in [3.63, 3.8) is 0 Å². The van der Waals surface area contributed by atoms with Gasteiger partial charge in [0.05, 0.1) is 7.11 Å². The standard InChI is InChI=1S/C14H14BrNOS/c1-17-11-3-5-12(6-4-11)18-9-10-2-7-13(15)14(16)8-10/h2-8H,9,16H2,1H3. The number of hydrogen-bond acceptors (Lipinski definition) is 3. The predicted molar refractivity (Wildman–Crippen MR) is 81.1 cm³/mol. The van der Waals surface area contributed by atoms with Gasteiger partial charge >= 0.3 is 0 Å². The highest BCUT2D eigenvalue weighted by Gasteiger charge is 2.00. The average Bonchev–Trinajstić information content (AvgIpc) is 2.41. The van der Waals surface area contributed by atoms with Gasteiger partial charge in [-0.15, -0.1) is 11.8 Å². The van der Waals surface area contributed by atoms with Gasteiger partial charge in [-0.25, -0.2) is 0 Å². The van der Waals surface area contributed by atoms with Crippen LogP contribution in [-0.2, 0) is 5.75 Å². The van der Waals surface area contributed by atoms with Crippen LogP contribution in [-0.4, -0.2) is 7.11 Å². The van der Waals surface area contributed by atoms with E-state index >= 15 is 0 Å². The summed E-state index contributed by atoms with van der Waals surface area (Å²) >= 11 is 5.18. The normalized spacial score (nSPS) is 10.3.